The van der Waals surface area contributed by atoms with Crippen LogP contribution in [0.5, 0.6) is 5.75 Å². The van der Waals surface area contributed by atoms with Crippen molar-refractivity contribution in [2.24, 2.45) is 0 Å². The highest BCUT2D eigenvalue weighted by Gasteiger charge is 2.12. The van der Waals surface area contributed by atoms with Gasteiger partial charge < -0.3 is 9.47 Å². The van der Waals surface area contributed by atoms with Crippen molar-refractivity contribution >= 4 is 11.7 Å². The third-order valence-electron chi connectivity index (χ3n) is 4.27. The van der Waals surface area contributed by atoms with Crippen molar-refractivity contribution in [3.8, 4) is 5.75 Å². The van der Waals surface area contributed by atoms with E-state index in [0.29, 0.717) is 5.75 Å². The molecule has 7 nitrogen and oxygen atoms in total. The van der Waals surface area contributed by atoms with E-state index in [1.165, 1.54) is 29.8 Å². The average Bonchev–Trinajstić information content (AvgIpc) is 2.68. The molecule has 0 N–H and O–H groups in total. The molecule has 136 valence electrons. The van der Waals surface area contributed by atoms with Crippen LogP contribution in [-0.4, -0.2) is 48.6 Å². The Balaban J connectivity index is 1.53. The Kier molecular flexibility index (Phi) is 5.93. The molecule has 0 bridgehead atoms. The van der Waals surface area contributed by atoms with Gasteiger partial charge in [0.05, 0.1) is 23.7 Å². The highest BCUT2D eigenvalue weighted by Crippen LogP contribution is 2.17. The summed E-state index contributed by atoms with van der Waals surface area (Å²) < 4.78 is 10.7. The maximum absolute atomic E-state index is 12.1. The quantitative estimate of drug-likeness (QED) is 0.343. The number of morpholine rings is 1. The number of carbonyl (C=O) groups is 1. The van der Waals surface area contributed by atoms with Crippen molar-refractivity contribution in [2.75, 3.05) is 32.8 Å². The van der Waals surface area contributed by atoms with Gasteiger partial charge in [-0.05, 0) is 36.2 Å². The first-order valence-corrected chi connectivity index (χ1v) is 8.47. The van der Waals surface area contributed by atoms with Crippen molar-refractivity contribution in [1.29, 1.82) is 0 Å². The molecule has 7 heteroatoms. The molecule has 0 radical (unpaired) electrons. The number of hydrogen-bond donors (Lipinski definition) is 0. The molecule has 0 saturated carbocycles. The maximum atomic E-state index is 12.1. The first-order valence-electron chi connectivity index (χ1n) is 8.47. The Morgan fingerprint density at radius 3 is 2.35 bits per heavy atom. The van der Waals surface area contributed by atoms with Crippen LogP contribution in [-0.2, 0) is 11.2 Å². The van der Waals surface area contributed by atoms with Crippen LogP contribution in [0.3, 0.4) is 0 Å². The lowest BCUT2D eigenvalue weighted by atomic mass is 10.1. The van der Waals surface area contributed by atoms with E-state index >= 15 is 0 Å². The lowest BCUT2D eigenvalue weighted by molar-refractivity contribution is -0.384. The van der Waals surface area contributed by atoms with Crippen LogP contribution in [0.15, 0.2) is 48.5 Å². The number of hydrogen-bond acceptors (Lipinski definition) is 6. The molecule has 0 aliphatic carbocycles. The number of esters is 1. The molecule has 1 aliphatic heterocycles. The Morgan fingerprint density at radius 1 is 1.08 bits per heavy atom. The lowest BCUT2D eigenvalue weighted by Gasteiger charge is -2.26. The van der Waals surface area contributed by atoms with Crippen molar-refractivity contribution in [2.45, 2.75) is 6.42 Å². The van der Waals surface area contributed by atoms with Crippen molar-refractivity contribution in [3.05, 3.63) is 69.8 Å². The smallest absolute Gasteiger partial charge is 0.343 e. The number of nitrogens with zero attached hydrogens (tertiary/aromatic N) is 2. The SMILES string of the molecule is O=C(Oc1ccc(CCN2CCOCC2)cc1)c1ccc([N+](=O)[O-])cc1. The van der Waals surface area contributed by atoms with Gasteiger partial charge in [0.1, 0.15) is 5.75 Å². The minimum atomic E-state index is -0.541. The van der Waals surface area contributed by atoms with Crippen LogP contribution in [0.2, 0.25) is 0 Å². The number of nitro benzene ring substituents is 1. The minimum Gasteiger partial charge on any atom is -0.423 e. The van der Waals surface area contributed by atoms with E-state index in [1.54, 1.807) is 12.1 Å². The molecule has 0 amide bonds. The summed E-state index contributed by atoms with van der Waals surface area (Å²) in [7, 11) is 0. The van der Waals surface area contributed by atoms with Gasteiger partial charge in [-0.2, -0.15) is 0 Å². The topological polar surface area (TPSA) is 81.9 Å². The summed E-state index contributed by atoms with van der Waals surface area (Å²) in [5.74, 6) is -0.0931. The Bertz CT molecular complexity index is 753. The normalized spacial score (nSPS) is 14.8. The molecular formula is C19H20N2O5. The Labute approximate surface area is 151 Å². The molecule has 0 spiro atoms. The fourth-order valence-corrected chi connectivity index (χ4v) is 2.72. The van der Waals surface area contributed by atoms with E-state index in [2.05, 4.69) is 4.90 Å². The fraction of sp³-hybridized carbons (Fsp3) is 0.316. The largest absolute Gasteiger partial charge is 0.423 e. The van der Waals surface area contributed by atoms with Crippen molar-refractivity contribution in [1.82, 2.24) is 4.90 Å². The monoisotopic (exact) mass is 356 g/mol. The molecule has 0 atom stereocenters. The first kappa shape index (κ1) is 18.0. The molecule has 2 aromatic rings. The summed E-state index contributed by atoms with van der Waals surface area (Å²) in [6, 6.07) is 12.7. The summed E-state index contributed by atoms with van der Waals surface area (Å²) in [6.07, 6.45) is 0.927. The number of non-ortho nitro benzene ring substituents is 1. The van der Waals surface area contributed by atoms with Crippen LogP contribution >= 0.6 is 0 Å². The predicted molar refractivity (Wildman–Crippen MR) is 95.5 cm³/mol. The van der Waals surface area contributed by atoms with Gasteiger partial charge in [-0.3, -0.25) is 15.0 Å². The fourth-order valence-electron chi connectivity index (χ4n) is 2.72. The van der Waals surface area contributed by atoms with Gasteiger partial charge in [0.2, 0.25) is 0 Å². The summed E-state index contributed by atoms with van der Waals surface area (Å²) >= 11 is 0. The highest BCUT2D eigenvalue weighted by atomic mass is 16.6. The summed E-state index contributed by atoms with van der Waals surface area (Å²) in [5, 5.41) is 10.6. The van der Waals surface area contributed by atoms with Crippen molar-refractivity contribution < 1.29 is 19.2 Å². The van der Waals surface area contributed by atoms with Gasteiger partial charge in [-0.15, -0.1) is 0 Å². The molecule has 1 heterocycles. The van der Waals surface area contributed by atoms with E-state index in [9.17, 15) is 14.9 Å². The predicted octanol–water partition coefficient (Wildman–Crippen LogP) is 2.69. The van der Waals surface area contributed by atoms with E-state index in [1.807, 2.05) is 12.1 Å². The van der Waals surface area contributed by atoms with Gasteiger partial charge in [0, 0.05) is 31.8 Å². The molecule has 3 rings (SSSR count). The number of carbonyl (C=O) groups excluding carboxylic acids is 1. The molecule has 1 saturated heterocycles. The van der Waals surface area contributed by atoms with E-state index in [4.69, 9.17) is 9.47 Å². The molecule has 26 heavy (non-hydrogen) atoms. The summed E-state index contributed by atoms with van der Waals surface area (Å²) in [5.41, 5.74) is 1.38. The second kappa shape index (κ2) is 8.55. The number of nitro groups is 1. The van der Waals surface area contributed by atoms with E-state index in [0.717, 1.165) is 39.3 Å². The third-order valence-corrected chi connectivity index (χ3v) is 4.27. The highest BCUT2D eigenvalue weighted by molar-refractivity contribution is 5.91. The zero-order chi connectivity index (χ0) is 18.4. The summed E-state index contributed by atoms with van der Waals surface area (Å²) in [6.45, 7) is 4.48. The number of benzene rings is 2. The van der Waals surface area contributed by atoms with Gasteiger partial charge in [0.25, 0.3) is 5.69 Å². The lowest BCUT2D eigenvalue weighted by Crippen LogP contribution is -2.37. The minimum absolute atomic E-state index is 0.0637. The van der Waals surface area contributed by atoms with Crippen LogP contribution in [0.1, 0.15) is 15.9 Å². The Morgan fingerprint density at radius 2 is 1.73 bits per heavy atom. The van der Waals surface area contributed by atoms with Gasteiger partial charge in [0.15, 0.2) is 0 Å². The zero-order valence-corrected chi connectivity index (χ0v) is 14.3. The Hall–Kier alpha value is -2.77. The van der Waals surface area contributed by atoms with Crippen LogP contribution in [0.25, 0.3) is 0 Å². The van der Waals surface area contributed by atoms with E-state index < -0.39 is 10.9 Å². The van der Waals surface area contributed by atoms with Gasteiger partial charge in [-0.25, -0.2) is 4.79 Å². The van der Waals surface area contributed by atoms with Gasteiger partial charge >= 0.3 is 5.97 Å². The van der Waals surface area contributed by atoms with E-state index in [-0.39, 0.29) is 11.3 Å². The van der Waals surface area contributed by atoms with Crippen LogP contribution in [0.4, 0.5) is 5.69 Å². The second-order valence-corrected chi connectivity index (χ2v) is 6.04. The molecule has 1 aliphatic rings. The molecular weight excluding hydrogens is 336 g/mol. The van der Waals surface area contributed by atoms with Crippen LogP contribution in [0, 0.1) is 10.1 Å². The molecule has 1 fully saturated rings. The summed E-state index contributed by atoms with van der Waals surface area (Å²) in [4.78, 5) is 24.6. The third kappa shape index (κ3) is 4.87. The molecule has 2 aromatic carbocycles. The first-order chi connectivity index (χ1) is 12.6. The van der Waals surface area contributed by atoms with Crippen LogP contribution < -0.4 is 4.74 Å². The number of rotatable bonds is 6. The molecule has 0 unspecified atom stereocenters. The molecule has 0 aromatic heterocycles. The number of ether oxygens (including phenoxy) is 2. The zero-order valence-electron chi connectivity index (χ0n) is 14.3. The second-order valence-electron chi connectivity index (χ2n) is 6.04. The average molecular weight is 356 g/mol. The van der Waals surface area contributed by atoms with Crippen molar-refractivity contribution in [3.63, 3.8) is 0 Å². The maximum Gasteiger partial charge on any atom is 0.343 e. The standard InChI is InChI=1S/C19H20N2O5/c22-19(16-3-5-17(6-4-16)21(23)24)26-18-7-1-15(2-8-18)9-10-20-11-13-25-14-12-20/h1-8H,9-14H2. The van der Waals surface area contributed by atoms with Gasteiger partial charge in [-0.1, -0.05) is 12.1 Å².